The van der Waals surface area contributed by atoms with Crippen LogP contribution in [0.5, 0.6) is 0 Å². The Labute approximate surface area is 148 Å². The average Bonchev–Trinajstić information content (AvgIpc) is 2.91. The van der Waals surface area contributed by atoms with Gasteiger partial charge in [0.25, 0.3) is 5.91 Å². The molecule has 0 spiro atoms. The van der Waals surface area contributed by atoms with Gasteiger partial charge in [-0.3, -0.25) is 9.10 Å². The third kappa shape index (κ3) is 3.26. The number of carbonyl (C=O) groups is 1. The van der Waals surface area contributed by atoms with E-state index in [0.717, 1.165) is 11.3 Å². The van der Waals surface area contributed by atoms with Gasteiger partial charge in [0.15, 0.2) is 0 Å². The van der Waals surface area contributed by atoms with Crippen molar-refractivity contribution in [2.75, 3.05) is 22.0 Å². The largest absolute Gasteiger partial charge is 0.309 e. The van der Waals surface area contributed by atoms with Crippen LogP contribution in [0.15, 0.2) is 48.5 Å². The molecule has 5 nitrogen and oxygen atoms in total. The van der Waals surface area contributed by atoms with Crippen LogP contribution in [0.2, 0.25) is 0 Å². The van der Waals surface area contributed by atoms with E-state index in [9.17, 15) is 13.2 Å². The second kappa shape index (κ2) is 6.52. The van der Waals surface area contributed by atoms with Gasteiger partial charge in [-0.15, -0.1) is 0 Å². The molecule has 1 amide bonds. The number of anilines is 2. The first-order chi connectivity index (χ1) is 11.8. The van der Waals surface area contributed by atoms with Crippen molar-refractivity contribution < 1.29 is 13.2 Å². The molecule has 2 aromatic rings. The summed E-state index contributed by atoms with van der Waals surface area (Å²) in [6, 6.07) is 14.7. The minimum Gasteiger partial charge on any atom is -0.309 e. The maximum absolute atomic E-state index is 12.9. The van der Waals surface area contributed by atoms with Gasteiger partial charge in [-0.2, -0.15) is 0 Å². The molecule has 0 saturated heterocycles. The smallest absolute Gasteiger partial charge is 0.258 e. The van der Waals surface area contributed by atoms with Crippen molar-refractivity contribution in [3.8, 4) is 0 Å². The standard InChI is InChI=1S/C19H22N2O3S/c1-4-20(17-8-6-5-7-9-17)19(22)15-10-11-18-16(13-15)12-14(2)21(18)25(3,23)24/h5-11,13-14H,4,12H2,1-3H3/t14-/m1/s1. The van der Waals surface area contributed by atoms with Gasteiger partial charge in [0, 0.05) is 23.8 Å². The molecular formula is C19H22N2O3S. The Morgan fingerprint density at radius 3 is 2.48 bits per heavy atom. The second-order valence-electron chi connectivity index (χ2n) is 6.34. The number of carbonyl (C=O) groups excluding carboxylic acids is 1. The summed E-state index contributed by atoms with van der Waals surface area (Å²) in [5.74, 6) is -0.0815. The highest BCUT2D eigenvalue weighted by molar-refractivity contribution is 7.92. The number of para-hydroxylation sites is 1. The summed E-state index contributed by atoms with van der Waals surface area (Å²) < 4.78 is 25.5. The van der Waals surface area contributed by atoms with Crippen LogP contribution in [-0.2, 0) is 16.4 Å². The maximum atomic E-state index is 12.9. The highest BCUT2D eigenvalue weighted by Crippen LogP contribution is 2.35. The molecular weight excluding hydrogens is 336 g/mol. The van der Waals surface area contributed by atoms with Crippen molar-refractivity contribution in [2.24, 2.45) is 0 Å². The monoisotopic (exact) mass is 358 g/mol. The van der Waals surface area contributed by atoms with E-state index in [-0.39, 0.29) is 11.9 Å². The molecule has 1 aliphatic rings. The first-order valence-electron chi connectivity index (χ1n) is 8.32. The van der Waals surface area contributed by atoms with Crippen LogP contribution < -0.4 is 9.21 Å². The van der Waals surface area contributed by atoms with Gasteiger partial charge >= 0.3 is 0 Å². The molecule has 0 N–H and O–H groups in total. The van der Waals surface area contributed by atoms with E-state index in [1.165, 1.54) is 10.6 Å². The molecule has 0 unspecified atom stereocenters. The number of fused-ring (bicyclic) bond motifs is 1. The Kier molecular flexibility index (Phi) is 4.56. The number of sulfonamides is 1. The molecule has 0 radical (unpaired) electrons. The van der Waals surface area contributed by atoms with Crippen LogP contribution in [0.3, 0.4) is 0 Å². The van der Waals surface area contributed by atoms with Crippen LogP contribution in [-0.4, -0.2) is 33.2 Å². The SMILES string of the molecule is CCN(C(=O)c1ccc2c(c1)C[C@@H](C)N2S(C)(=O)=O)c1ccccc1. The van der Waals surface area contributed by atoms with Crippen molar-refractivity contribution in [1.29, 1.82) is 0 Å². The van der Waals surface area contributed by atoms with Gasteiger partial charge in [-0.25, -0.2) is 8.42 Å². The molecule has 0 fully saturated rings. The first kappa shape index (κ1) is 17.5. The van der Waals surface area contributed by atoms with Gasteiger partial charge in [-0.1, -0.05) is 18.2 Å². The molecule has 3 rings (SSSR count). The highest BCUT2D eigenvalue weighted by atomic mass is 32.2. The zero-order chi connectivity index (χ0) is 18.2. The van der Waals surface area contributed by atoms with Gasteiger partial charge in [-0.05, 0) is 56.2 Å². The molecule has 2 aromatic carbocycles. The summed E-state index contributed by atoms with van der Waals surface area (Å²) in [6.45, 7) is 4.38. The number of hydrogen-bond acceptors (Lipinski definition) is 3. The van der Waals surface area contributed by atoms with Gasteiger partial charge in [0.2, 0.25) is 10.0 Å². The van der Waals surface area contributed by atoms with E-state index in [0.29, 0.717) is 24.2 Å². The topological polar surface area (TPSA) is 57.7 Å². The van der Waals surface area contributed by atoms with Crippen molar-refractivity contribution in [3.05, 3.63) is 59.7 Å². The number of benzene rings is 2. The van der Waals surface area contributed by atoms with E-state index in [2.05, 4.69) is 0 Å². The molecule has 0 aromatic heterocycles. The van der Waals surface area contributed by atoms with E-state index in [1.807, 2.05) is 50.2 Å². The Balaban J connectivity index is 1.95. The Morgan fingerprint density at radius 1 is 1.20 bits per heavy atom. The Morgan fingerprint density at radius 2 is 1.88 bits per heavy atom. The van der Waals surface area contributed by atoms with E-state index >= 15 is 0 Å². The highest BCUT2D eigenvalue weighted by Gasteiger charge is 2.33. The third-order valence-corrected chi connectivity index (χ3v) is 5.74. The number of nitrogens with zero attached hydrogens (tertiary/aromatic N) is 2. The zero-order valence-electron chi connectivity index (χ0n) is 14.6. The molecule has 25 heavy (non-hydrogen) atoms. The van der Waals surface area contributed by atoms with Crippen LogP contribution in [0, 0.1) is 0 Å². The molecule has 0 saturated carbocycles. The molecule has 132 valence electrons. The normalized spacial score (nSPS) is 16.6. The predicted octanol–water partition coefficient (Wildman–Crippen LogP) is 3.06. The van der Waals surface area contributed by atoms with Crippen LogP contribution >= 0.6 is 0 Å². The molecule has 6 heteroatoms. The second-order valence-corrected chi connectivity index (χ2v) is 8.20. The predicted molar refractivity (Wildman–Crippen MR) is 101 cm³/mol. The first-order valence-corrected chi connectivity index (χ1v) is 10.2. The van der Waals surface area contributed by atoms with Crippen molar-refractivity contribution in [1.82, 2.24) is 0 Å². The van der Waals surface area contributed by atoms with Gasteiger partial charge in [0.1, 0.15) is 0 Å². The van der Waals surface area contributed by atoms with E-state index in [4.69, 9.17) is 0 Å². The third-order valence-electron chi connectivity index (χ3n) is 4.47. The van der Waals surface area contributed by atoms with Crippen LogP contribution in [0.4, 0.5) is 11.4 Å². The number of hydrogen-bond donors (Lipinski definition) is 0. The fourth-order valence-corrected chi connectivity index (χ4v) is 4.71. The lowest BCUT2D eigenvalue weighted by molar-refractivity contribution is 0.0988. The summed E-state index contributed by atoms with van der Waals surface area (Å²) in [5, 5.41) is 0. The van der Waals surface area contributed by atoms with Crippen molar-refractivity contribution in [3.63, 3.8) is 0 Å². The van der Waals surface area contributed by atoms with Gasteiger partial charge in [0.05, 0.1) is 11.9 Å². The number of rotatable bonds is 4. The summed E-state index contributed by atoms with van der Waals surface area (Å²) in [5.41, 5.74) is 3.00. The number of amides is 1. The summed E-state index contributed by atoms with van der Waals surface area (Å²) in [4.78, 5) is 14.6. The Bertz CT molecular complexity index is 894. The molecule has 0 bridgehead atoms. The van der Waals surface area contributed by atoms with E-state index < -0.39 is 10.0 Å². The fourth-order valence-electron chi connectivity index (χ4n) is 3.45. The Hall–Kier alpha value is -2.34. The summed E-state index contributed by atoms with van der Waals surface area (Å²) >= 11 is 0. The van der Waals surface area contributed by atoms with Crippen molar-refractivity contribution >= 4 is 27.3 Å². The molecule has 1 atom stereocenters. The van der Waals surface area contributed by atoms with Crippen LogP contribution in [0.25, 0.3) is 0 Å². The van der Waals surface area contributed by atoms with Crippen molar-refractivity contribution in [2.45, 2.75) is 26.3 Å². The van der Waals surface area contributed by atoms with Gasteiger partial charge < -0.3 is 4.90 Å². The van der Waals surface area contributed by atoms with E-state index in [1.54, 1.807) is 17.0 Å². The summed E-state index contributed by atoms with van der Waals surface area (Å²) in [6.07, 6.45) is 1.83. The fraction of sp³-hybridized carbons (Fsp3) is 0.316. The average molecular weight is 358 g/mol. The lowest BCUT2D eigenvalue weighted by atomic mass is 10.1. The molecule has 0 aliphatic carbocycles. The molecule has 1 aliphatic heterocycles. The zero-order valence-corrected chi connectivity index (χ0v) is 15.5. The minimum atomic E-state index is -3.32. The van der Waals surface area contributed by atoms with Crippen LogP contribution in [0.1, 0.15) is 29.8 Å². The quantitative estimate of drug-likeness (QED) is 0.844. The minimum absolute atomic E-state index is 0.0815. The lowest BCUT2D eigenvalue weighted by Crippen LogP contribution is -2.34. The maximum Gasteiger partial charge on any atom is 0.258 e. The molecule has 1 heterocycles. The lowest BCUT2D eigenvalue weighted by Gasteiger charge is -2.23. The summed E-state index contributed by atoms with van der Waals surface area (Å²) in [7, 11) is -3.32.